The molecule has 1 saturated carbocycles. The van der Waals surface area contributed by atoms with Crippen LogP contribution in [0.15, 0.2) is 22.5 Å². The molecule has 0 aromatic heterocycles. The van der Waals surface area contributed by atoms with Crippen LogP contribution in [0, 0.1) is 25.7 Å². The zero-order valence-electron chi connectivity index (χ0n) is 25.8. The van der Waals surface area contributed by atoms with Crippen molar-refractivity contribution in [3.8, 4) is 5.75 Å². The Morgan fingerprint density at radius 2 is 1.78 bits per heavy atom. The van der Waals surface area contributed by atoms with Gasteiger partial charge in [0.25, 0.3) is 5.91 Å². The number of benzene rings is 1. The molecule has 4 rings (SSSR count). The van der Waals surface area contributed by atoms with Gasteiger partial charge in [0.2, 0.25) is 10.0 Å². The van der Waals surface area contributed by atoms with Gasteiger partial charge in [-0.15, -0.1) is 0 Å². The molecule has 1 aliphatic carbocycles. The summed E-state index contributed by atoms with van der Waals surface area (Å²) in [4.78, 5) is 17.8. The van der Waals surface area contributed by atoms with Crippen LogP contribution in [0.5, 0.6) is 5.75 Å². The number of amidine groups is 1. The molecule has 0 unspecified atom stereocenters. The summed E-state index contributed by atoms with van der Waals surface area (Å²) in [5, 5.41) is 22.2. The van der Waals surface area contributed by atoms with E-state index in [2.05, 4.69) is 5.32 Å². The molecule has 3 aliphatic rings. The molecule has 2 heterocycles. The summed E-state index contributed by atoms with van der Waals surface area (Å²) in [5.74, 6) is 0.994. The molecule has 1 aromatic rings. The van der Waals surface area contributed by atoms with Crippen molar-refractivity contribution in [3.05, 3.63) is 34.2 Å². The first-order chi connectivity index (χ1) is 21.2. The third-order valence-electron chi connectivity index (χ3n) is 8.97. The highest BCUT2D eigenvalue weighted by Gasteiger charge is 2.48. The summed E-state index contributed by atoms with van der Waals surface area (Å²) >= 11 is 0. The van der Waals surface area contributed by atoms with Gasteiger partial charge < -0.3 is 25.0 Å². The van der Waals surface area contributed by atoms with Crippen LogP contribution in [0.25, 0.3) is 6.08 Å². The number of alkyl halides is 3. The SMILES string of the molecule is Cc1cc(OCCOC[C@H](O)CO)cc(C)c1/C=C/S(=O)(=O)N1CCC2(CC1)N=C(C1CCC(CCC(F)(F)F)CC1)NC2=O. The summed E-state index contributed by atoms with van der Waals surface area (Å²) in [6.45, 7) is 4.10. The van der Waals surface area contributed by atoms with Gasteiger partial charge in [-0.3, -0.25) is 9.79 Å². The first-order valence-electron chi connectivity index (χ1n) is 15.5. The van der Waals surface area contributed by atoms with Crippen molar-refractivity contribution in [2.24, 2.45) is 16.8 Å². The number of halogens is 3. The lowest BCUT2D eigenvalue weighted by atomic mass is 9.79. The van der Waals surface area contributed by atoms with Crippen molar-refractivity contribution in [1.29, 1.82) is 0 Å². The van der Waals surface area contributed by atoms with Gasteiger partial charge in [0.05, 0.1) is 19.8 Å². The second kappa shape index (κ2) is 14.9. The van der Waals surface area contributed by atoms with Gasteiger partial charge in [-0.05, 0) is 99.6 Å². The number of ether oxygens (including phenoxy) is 2. The molecule has 2 aliphatic heterocycles. The number of carbonyl (C=O) groups is 1. The van der Waals surface area contributed by atoms with Crippen molar-refractivity contribution >= 4 is 27.8 Å². The fourth-order valence-electron chi connectivity index (χ4n) is 6.29. The number of sulfonamides is 1. The topological polar surface area (TPSA) is 138 Å². The monoisotopic (exact) mass is 659 g/mol. The van der Waals surface area contributed by atoms with Gasteiger partial charge in [-0.1, -0.05) is 0 Å². The first kappa shape index (κ1) is 35.3. The van der Waals surface area contributed by atoms with Crippen LogP contribution in [-0.2, 0) is 19.6 Å². The Hall–Kier alpha value is -2.52. The molecule has 252 valence electrons. The number of rotatable bonds is 13. The van der Waals surface area contributed by atoms with Crippen LogP contribution in [0.2, 0.25) is 0 Å². The van der Waals surface area contributed by atoms with Crippen LogP contribution in [0.3, 0.4) is 0 Å². The van der Waals surface area contributed by atoms with Crippen LogP contribution in [0.1, 0.15) is 68.1 Å². The van der Waals surface area contributed by atoms with E-state index in [1.807, 2.05) is 13.8 Å². The number of hydrogen-bond donors (Lipinski definition) is 3. The Bertz CT molecular complexity index is 1330. The number of amides is 1. The Labute approximate surface area is 262 Å². The summed E-state index contributed by atoms with van der Waals surface area (Å²) in [6.07, 6.45) is -0.940. The zero-order chi connectivity index (χ0) is 32.8. The zero-order valence-corrected chi connectivity index (χ0v) is 26.6. The molecular formula is C31H44F3N3O7S. The fourth-order valence-corrected chi connectivity index (χ4v) is 7.46. The van der Waals surface area contributed by atoms with E-state index >= 15 is 0 Å². The summed E-state index contributed by atoms with van der Waals surface area (Å²) in [6, 6.07) is 3.60. The number of nitrogens with zero attached hydrogens (tertiary/aromatic N) is 2. The lowest BCUT2D eigenvalue weighted by Crippen LogP contribution is -2.50. The molecule has 0 radical (unpaired) electrons. The van der Waals surface area contributed by atoms with E-state index in [1.165, 1.54) is 9.71 Å². The van der Waals surface area contributed by atoms with E-state index in [0.717, 1.165) is 16.7 Å². The van der Waals surface area contributed by atoms with E-state index in [4.69, 9.17) is 19.6 Å². The molecule has 1 atom stereocenters. The highest BCUT2D eigenvalue weighted by molar-refractivity contribution is 7.92. The third kappa shape index (κ3) is 9.50. The number of aliphatic imine (C=N–C) groups is 1. The number of aliphatic hydroxyl groups excluding tert-OH is 2. The predicted molar refractivity (Wildman–Crippen MR) is 163 cm³/mol. The quantitative estimate of drug-likeness (QED) is 0.274. The largest absolute Gasteiger partial charge is 0.491 e. The van der Waals surface area contributed by atoms with E-state index < -0.39 is 34.3 Å². The molecule has 14 heteroatoms. The van der Waals surface area contributed by atoms with Crippen molar-refractivity contribution in [3.63, 3.8) is 0 Å². The Morgan fingerprint density at radius 1 is 1.13 bits per heavy atom. The van der Waals surface area contributed by atoms with Gasteiger partial charge in [-0.2, -0.15) is 17.5 Å². The standard InChI is InChI=1S/C31H44F3N3O7S/c1-21-17-26(44-15-14-43-20-25(39)19-38)18-22(2)27(21)8-16-45(41,42)37-12-10-30(11-13-37)29(40)35-28(36-30)24-5-3-23(4-6-24)7-9-31(32,33)34/h8,16-18,23-25,38-39H,3-7,9-15,19-20H2,1-2H3,(H,35,36,40)/b16-8+/t23?,24?,25-/m1/s1. The number of nitrogens with one attached hydrogen (secondary N) is 1. The van der Waals surface area contributed by atoms with Crippen LogP contribution in [0.4, 0.5) is 13.2 Å². The minimum absolute atomic E-state index is 0.00245. The predicted octanol–water partition coefficient (Wildman–Crippen LogP) is 3.86. The number of piperidine rings is 1. The maximum Gasteiger partial charge on any atom is 0.389 e. The van der Waals surface area contributed by atoms with Gasteiger partial charge in [-0.25, -0.2) is 8.42 Å². The van der Waals surface area contributed by atoms with Gasteiger partial charge in [0.15, 0.2) is 0 Å². The first-order valence-corrected chi connectivity index (χ1v) is 17.0. The maximum absolute atomic E-state index is 13.2. The molecule has 1 saturated heterocycles. The fraction of sp³-hybridized carbons (Fsp3) is 0.677. The Morgan fingerprint density at radius 3 is 2.38 bits per heavy atom. The van der Waals surface area contributed by atoms with Gasteiger partial charge >= 0.3 is 6.18 Å². The minimum Gasteiger partial charge on any atom is -0.491 e. The number of aliphatic hydroxyl groups is 2. The smallest absolute Gasteiger partial charge is 0.389 e. The Balaban J connectivity index is 1.29. The molecule has 1 spiro atoms. The molecule has 45 heavy (non-hydrogen) atoms. The lowest BCUT2D eigenvalue weighted by Gasteiger charge is -2.34. The van der Waals surface area contributed by atoms with Crippen LogP contribution >= 0.6 is 0 Å². The normalized spacial score (nSPS) is 23.4. The molecule has 0 bridgehead atoms. The van der Waals surface area contributed by atoms with Gasteiger partial charge in [0, 0.05) is 30.8 Å². The summed E-state index contributed by atoms with van der Waals surface area (Å²) in [5.41, 5.74) is 1.39. The maximum atomic E-state index is 13.2. The summed E-state index contributed by atoms with van der Waals surface area (Å²) in [7, 11) is -3.77. The molecule has 10 nitrogen and oxygen atoms in total. The second-order valence-corrected chi connectivity index (χ2v) is 14.2. The van der Waals surface area contributed by atoms with E-state index in [9.17, 15) is 31.5 Å². The molecule has 1 amide bonds. The van der Waals surface area contributed by atoms with Crippen molar-refractivity contribution in [2.45, 2.75) is 83.0 Å². The molecule has 2 fully saturated rings. The average Bonchev–Trinajstić information content (AvgIpc) is 3.30. The van der Waals surface area contributed by atoms with Crippen LogP contribution in [-0.4, -0.2) is 92.0 Å². The van der Waals surface area contributed by atoms with E-state index in [1.54, 1.807) is 18.2 Å². The van der Waals surface area contributed by atoms with Crippen molar-refractivity contribution < 1.29 is 46.1 Å². The van der Waals surface area contributed by atoms with Crippen molar-refractivity contribution in [1.82, 2.24) is 9.62 Å². The average molecular weight is 660 g/mol. The molecule has 1 aromatic carbocycles. The van der Waals surface area contributed by atoms with Crippen molar-refractivity contribution in [2.75, 3.05) is 39.5 Å². The minimum atomic E-state index is -4.14. The third-order valence-corrected chi connectivity index (χ3v) is 10.5. The van der Waals surface area contributed by atoms with E-state index in [0.29, 0.717) is 37.3 Å². The Kier molecular flexibility index (Phi) is 11.7. The highest BCUT2D eigenvalue weighted by Crippen LogP contribution is 2.38. The molecular weight excluding hydrogens is 615 g/mol. The van der Waals surface area contributed by atoms with E-state index in [-0.39, 0.29) is 76.5 Å². The highest BCUT2D eigenvalue weighted by atomic mass is 32.2. The number of hydrogen-bond acceptors (Lipinski definition) is 8. The second-order valence-electron chi connectivity index (χ2n) is 12.3. The number of carbonyl (C=O) groups excluding carboxylic acids is 1. The number of aryl methyl sites for hydroxylation is 2. The van der Waals surface area contributed by atoms with Crippen LogP contribution < -0.4 is 10.1 Å². The molecule has 3 N–H and O–H groups in total. The summed E-state index contributed by atoms with van der Waals surface area (Å²) < 4.78 is 76.5. The van der Waals surface area contributed by atoms with Gasteiger partial charge in [0.1, 0.15) is 29.8 Å². The lowest BCUT2D eigenvalue weighted by molar-refractivity contribution is -0.138.